The van der Waals surface area contributed by atoms with Crippen molar-refractivity contribution in [3.63, 3.8) is 0 Å². The molecule has 2 aromatic rings. The highest BCUT2D eigenvalue weighted by Gasteiger charge is 2.12. The van der Waals surface area contributed by atoms with Gasteiger partial charge in [0, 0.05) is 31.0 Å². The number of H-pyrrole nitrogens is 1. The quantitative estimate of drug-likeness (QED) is 0.660. The number of anilines is 2. The summed E-state index contributed by atoms with van der Waals surface area (Å²) in [4.78, 5) is 26.5. The lowest BCUT2D eigenvalue weighted by atomic mass is 10.2. The number of hydrogen-bond acceptors (Lipinski definition) is 5. The van der Waals surface area contributed by atoms with E-state index in [2.05, 4.69) is 39.5 Å². The fourth-order valence-electron chi connectivity index (χ4n) is 3.34. The molecule has 8 heteroatoms. The standard InChI is InChI=1S/C20H29N5O2S/c1-2-3-14-25-19(27)22-23-20(25)28-15-18(26)21-16-8-10-17(11-9-16)24-12-6-4-5-7-13-24/h8-11H,2-7,12-15H2,1H3,(H,21,26)(H,22,27). The number of amides is 1. The Kier molecular flexibility index (Phi) is 7.59. The summed E-state index contributed by atoms with van der Waals surface area (Å²) in [6.45, 7) is 4.90. The molecule has 0 unspecified atom stereocenters. The second-order valence-electron chi connectivity index (χ2n) is 7.10. The Morgan fingerprint density at radius 3 is 2.57 bits per heavy atom. The molecular weight excluding hydrogens is 374 g/mol. The van der Waals surface area contributed by atoms with Crippen molar-refractivity contribution >= 4 is 29.0 Å². The summed E-state index contributed by atoms with van der Waals surface area (Å²) in [6, 6.07) is 8.05. The molecule has 0 radical (unpaired) electrons. The minimum atomic E-state index is -0.222. The van der Waals surface area contributed by atoms with Crippen LogP contribution in [0.4, 0.5) is 11.4 Å². The Hall–Kier alpha value is -2.22. The van der Waals surface area contributed by atoms with Crippen molar-refractivity contribution in [1.82, 2.24) is 14.8 Å². The summed E-state index contributed by atoms with van der Waals surface area (Å²) >= 11 is 1.27. The Bertz CT molecular complexity index is 807. The van der Waals surface area contributed by atoms with E-state index in [1.165, 1.54) is 43.1 Å². The Labute approximate surface area is 169 Å². The zero-order valence-electron chi connectivity index (χ0n) is 16.4. The molecule has 0 saturated carbocycles. The number of aromatic amines is 1. The molecule has 0 atom stereocenters. The van der Waals surface area contributed by atoms with E-state index in [0.717, 1.165) is 31.6 Å². The Morgan fingerprint density at radius 1 is 1.18 bits per heavy atom. The van der Waals surface area contributed by atoms with Crippen LogP contribution in [0.3, 0.4) is 0 Å². The zero-order valence-corrected chi connectivity index (χ0v) is 17.3. The average molecular weight is 404 g/mol. The predicted octanol–water partition coefficient (Wildman–Crippen LogP) is 3.48. The first-order chi connectivity index (χ1) is 13.7. The molecule has 152 valence electrons. The van der Waals surface area contributed by atoms with Crippen molar-refractivity contribution in [2.75, 3.05) is 29.1 Å². The molecule has 2 heterocycles. The van der Waals surface area contributed by atoms with Gasteiger partial charge in [0.25, 0.3) is 0 Å². The number of aromatic nitrogens is 3. The number of hydrogen-bond donors (Lipinski definition) is 2. The highest BCUT2D eigenvalue weighted by Crippen LogP contribution is 2.22. The molecule has 3 rings (SSSR count). The molecule has 0 bridgehead atoms. The van der Waals surface area contributed by atoms with E-state index >= 15 is 0 Å². The third kappa shape index (κ3) is 5.64. The molecule has 0 spiro atoms. The maximum Gasteiger partial charge on any atom is 0.343 e. The molecule has 1 saturated heterocycles. The molecule has 7 nitrogen and oxygen atoms in total. The SMILES string of the molecule is CCCCn1c(SCC(=O)Nc2ccc(N3CCCCCC3)cc2)n[nH]c1=O. The van der Waals surface area contributed by atoms with E-state index in [-0.39, 0.29) is 17.3 Å². The Balaban J connectivity index is 1.52. The first-order valence-corrected chi connectivity index (χ1v) is 11.1. The smallest absolute Gasteiger partial charge is 0.343 e. The van der Waals surface area contributed by atoms with Gasteiger partial charge in [-0.05, 0) is 43.5 Å². The van der Waals surface area contributed by atoms with Gasteiger partial charge in [0.1, 0.15) is 0 Å². The average Bonchev–Trinajstić information content (AvgIpc) is 2.88. The highest BCUT2D eigenvalue weighted by atomic mass is 32.2. The number of nitrogens with zero attached hydrogens (tertiary/aromatic N) is 3. The van der Waals surface area contributed by atoms with Gasteiger partial charge in [-0.1, -0.05) is 37.9 Å². The minimum absolute atomic E-state index is 0.106. The molecule has 0 aliphatic carbocycles. The van der Waals surface area contributed by atoms with Crippen LogP contribution in [0.2, 0.25) is 0 Å². The second kappa shape index (κ2) is 10.4. The van der Waals surface area contributed by atoms with Crippen LogP contribution >= 0.6 is 11.8 Å². The van der Waals surface area contributed by atoms with Crippen molar-refractivity contribution in [2.24, 2.45) is 0 Å². The van der Waals surface area contributed by atoms with E-state index in [1.54, 1.807) is 4.57 Å². The number of carbonyl (C=O) groups is 1. The van der Waals surface area contributed by atoms with E-state index < -0.39 is 0 Å². The highest BCUT2D eigenvalue weighted by molar-refractivity contribution is 7.99. The molecule has 28 heavy (non-hydrogen) atoms. The number of unbranched alkanes of at least 4 members (excludes halogenated alkanes) is 1. The van der Waals surface area contributed by atoms with Gasteiger partial charge in [-0.2, -0.15) is 0 Å². The summed E-state index contributed by atoms with van der Waals surface area (Å²) in [5, 5.41) is 9.96. The van der Waals surface area contributed by atoms with Crippen LogP contribution < -0.4 is 15.9 Å². The first-order valence-electron chi connectivity index (χ1n) is 10.1. The van der Waals surface area contributed by atoms with E-state index in [4.69, 9.17) is 0 Å². The van der Waals surface area contributed by atoms with Gasteiger partial charge >= 0.3 is 5.69 Å². The van der Waals surface area contributed by atoms with Gasteiger partial charge in [0.2, 0.25) is 5.91 Å². The summed E-state index contributed by atoms with van der Waals surface area (Å²) in [5.41, 5.74) is 1.78. The largest absolute Gasteiger partial charge is 0.372 e. The number of nitrogens with one attached hydrogen (secondary N) is 2. The second-order valence-corrected chi connectivity index (χ2v) is 8.04. The van der Waals surface area contributed by atoms with Crippen molar-refractivity contribution in [3.05, 3.63) is 34.7 Å². The third-order valence-corrected chi connectivity index (χ3v) is 5.89. The van der Waals surface area contributed by atoms with Gasteiger partial charge in [-0.3, -0.25) is 9.36 Å². The van der Waals surface area contributed by atoms with Crippen molar-refractivity contribution < 1.29 is 4.79 Å². The van der Waals surface area contributed by atoms with Gasteiger partial charge < -0.3 is 10.2 Å². The molecule has 1 aromatic carbocycles. The van der Waals surface area contributed by atoms with E-state index in [1.807, 2.05) is 12.1 Å². The van der Waals surface area contributed by atoms with Gasteiger partial charge in [0.05, 0.1) is 5.75 Å². The zero-order chi connectivity index (χ0) is 19.8. The summed E-state index contributed by atoms with van der Waals surface area (Å²) in [5.74, 6) is 0.106. The summed E-state index contributed by atoms with van der Waals surface area (Å²) in [6.07, 6.45) is 7.01. The molecular formula is C20H29N5O2S. The van der Waals surface area contributed by atoms with Crippen LogP contribution in [0.15, 0.2) is 34.2 Å². The van der Waals surface area contributed by atoms with Crippen LogP contribution in [-0.2, 0) is 11.3 Å². The van der Waals surface area contributed by atoms with E-state index in [9.17, 15) is 9.59 Å². The van der Waals surface area contributed by atoms with Gasteiger partial charge in [-0.25, -0.2) is 9.89 Å². The maximum atomic E-state index is 12.3. The normalized spacial score (nSPS) is 14.7. The summed E-state index contributed by atoms with van der Waals surface area (Å²) < 4.78 is 1.59. The maximum absolute atomic E-state index is 12.3. The fraction of sp³-hybridized carbons (Fsp3) is 0.550. The van der Waals surface area contributed by atoms with Gasteiger partial charge in [-0.15, -0.1) is 5.10 Å². The molecule has 2 N–H and O–H groups in total. The van der Waals surface area contributed by atoms with Crippen LogP contribution in [0, 0.1) is 0 Å². The van der Waals surface area contributed by atoms with Crippen LogP contribution in [0.5, 0.6) is 0 Å². The third-order valence-electron chi connectivity index (χ3n) is 4.91. The van der Waals surface area contributed by atoms with Gasteiger partial charge in [0.15, 0.2) is 5.16 Å². The minimum Gasteiger partial charge on any atom is -0.372 e. The predicted molar refractivity (Wildman–Crippen MR) is 114 cm³/mol. The lowest BCUT2D eigenvalue weighted by molar-refractivity contribution is -0.113. The van der Waals surface area contributed by atoms with Crippen LogP contribution in [-0.4, -0.2) is 39.5 Å². The molecule has 1 amide bonds. The molecule has 1 aliphatic rings. The molecule has 1 aliphatic heterocycles. The Morgan fingerprint density at radius 2 is 1.89 bits per heavy atom. The van der Waals surface area contributed by atoms with Crippen LogP contribution in [0.1, 0.15) is 45.4 Å². The van der Waals surface area contributed by atoms with Crippen LogP contribution in [0.25, 0.3) is 0 Å². The number of rotatable bonds is 8. The van der Waals surface area contributed by atoms with Crippen molar-refractivity contribution in [1.29, 1.82) is 0 Å². The molecule has 1 fully saturated rings. The fourth-order valence-corrected chi connectivity index (χ4v) is 4.11. The monoisotopic (exact) mass is 403 g/mol. The first kappa shape index (κ1) is 20.5. The topological polar surface area (TPSA) is 83.0 Å². The van der Waals surface area contributed by atoms with E-state index in [0.29, 0.717) is 11.7 Å². The lowest BCUT2D eigenvalue weighted by Crippen LogP contribution is -2.23. The van der Waals surface area contributed by atoms with Crippen molar-refractivity contribution in [3.8, 4) is 0 Å². The molecule has 1 aromatic heterocycles. The van der Waals surface area contributed by atoms with Crippen molar-refractivity contribution in [2.45, 2.75) is 57.1 Å². The summed E-state index contributed by atoms with van der Waals surface area (Å²) in [7, 11) is 0. The lowest BCUT2D eigenvalue weighted by Gasteiger charge is -2.22. The number of benzene rings is 1. The number of thioether (sulfide) groups is 1. The number of carbonyl (C=O) groups excluding carboxylic acids is 1.